The summed E-state index contributed by atoms with van der Waals surface area (Å²) in [6, 6.07) is 8.17. The summed E-state index contributed by atoms with van der Waals surface area (Å²) >= 11 is 1.71. The SMILES string of the molecule is Cl.NC(CCO)c1csc2ccccc12. The Hall–Kier alpha value is -0.610. The summed E-state index contributed by atoms with van der Waals surface area (Å²) in [5.41, 5.74) is 7.12. The molecule has 2 aromatic rings. The number of hydrogen-bond donors (Lipinski definition) is 2. The predicted octanol–water partition coefficient (Wildman–Crippen LogP) is 2.71. The molecule has 0 saturated carbocycles. The Balaban J connectivity index is 0.00000112. The van der Waals surface area contributed by atoms with E-state index in [0.717, 1.165) is 5.56 Å². The van der Waals surface area contributed by atoms with Crippen molar-refractivity contribution < 1.29 is 5.11 Å². The van der Waals surface area contributed by atoms with Gasteiger partial charge in [0.2, 0.25) is 0 Å². The molecule has 0 aliphatic rings. The smallest absolute Gasteiger partial charge is 0.0449 e. The molecule has 0 radical (unpaired) electrons. The molecule has 3 N–H and O–H groups in total. The van der Waals surface area contributed by atoms with Crippen LogP contribution in [-0.2, 0) is 0 Å². The monoisotopic (exact) mass is 243 g/mol. The molecule has 1 atom stereocenters. The van der Waals surface area contributed by atoms with Crippen molar-refractivity contribution in [3.63, 3.8) is 0 Å². The van der Waals surface area contributed by atoms with Crippen molar-refractivity contribution in [2.45, 2.75) is 12.5 Å². The first kappa shape index (κ1) is 12.5. The number of aliphatic hydroxyl groups excluding tert-OH is 1. The Labute approximate surface area is 99.1 Å². The van der Waals surface area contributed by atoms with Crippen LogP contribution in [0.25, 0.3) is 10.1 Å². The summed E-state index contributed by atoms with van der Waals surface area (Å²) in [5, 5.41) is 12.1. The van der Waals surface area contributed by atoms with E-state index >= 15 is 0 Å². The molecular weight excluding hydrogens is 230 g/mol. The van der Waals surface area contributed by atoms with Crippen LogP contribution >= 0.6 is 23.7 Å². The molecule has 2 nitrogen and oxygen atoms in total. The highest BCUT2D eigenvalue weighted by molar-refractivity contribution is 7.17. The zero-order valence-electron chi connectivity index (χ0n) is 8.22. The lowest BCUT2D eigenvalue weighted by Crippen LogP contribution is -2.11. The number of hydrogen-bond acceptors (Lipinski definition) is 3. The molecular formula is C11H14ClNOS. The van der Waals surface area contributed by atoms with Gasteiger partial charge in [-0.05, 0) is 28.8 Å². The van der Waals surface area contributed by atoms with Crippen LogP contribution in [0, 0.1) is 0 Å². The summed E-state index contributed by atoms with van der Waals surface area (Å²) < 4.78 is 1.26. The molecule has 82 valence electrons. The van der Waals surface area contributed by atoms with E-state index in [1.165, 1.54) is 10.1 Å². The molecule has 0 aliphatic heterocycles. The number of halogens is 1. The van der Waals surface area contributed by atoms with Gasteiger partial charge in [-0.25, -0.2) is 0 Å². The highest BCUT2D eigenvalue weighted by Crippen LogP contribution is 2.30. The molecule has 0 spiro atoms. The van der Waals surface area contributed by atoms with E-state index in [2.05, 4.69) is 17.5 Å². The minimum absolute atomic E-state index is 0. The van der Waals surface area contributed by atoms with Crippen molar-refractivity contribution in [1.82, 2.24) is 0 Å². The van der Waals surface area contributed by atoms with E-state index < -0.39 is 0 Å². The minimum atomic E-state index is -0.0452. The van der Waals surface area contributed by atoms with Gasteiger partial charge in [0.15, 0.2) is 0 Å². The van der Waals surface area contributed by atoms with Crippen LogP contribution in [0.15, 0.2) is 29.6 Å². The Morgan fingerprint density at radius 1 is 1.33 bits per heavy atom. The summed E-state index contributed by atoms with van der Waals surface area (Å²) in [6.07, 6.45) is 0.626. The van der Waals surface area contributed by atoms with Gasteiger partial charge in [0, 0.05) is 17.3 Å². The third kappa shape index (κ3) is 2.49. The van der Waals surface area contributed by atoms with Gasteiger partial charge < -0.3 is 10.8 Å². The van der Waals surface area contributed by atoms with Crippen molar-refractivity contribution in [1.29, 1.82) is 0 Å². The van der Waals surface area contributed by atoms with Crippen molar-refractivity contribution in [3.8, 4) is 0 Å². The second-order valence-corrected chi connectivity index (χ2v) is 4.22. The van der Waals surface area contributed by atoms with Crippen LogP contribution in [-0.4, -0.2) is 11.7 Å². The van der Waals surface area contributed by atoms with Crippen molar-refractivity contribution >= 4 is 33.8 Å². The minimum Gasteiger partial charge on any atom is -0.396 e. The normalized spacial score (nSPS) is 12.4. The average molecular weight is 244 g/mol. The molecule has 0 aliphatic carbocycles. The Morgan fingerprint density at radius 2 is 2.07 bits per heavy atom. The second kappa shape index (κ2) is 5.47. The molecule has 0 fully saturated rings. The van der Waals surface area contributed by atoms with Crippen LogP contribution < -0.4 is 5.73 Å². The molecule has 1 aromatic heterocycles. The largest absolute Gasteiger partial charge is 0.396 e. The number of nitrogens with two attached hydrogens (primary N) is 1. The number of fused-ring (bicyclic) bond motifs is 1. The molecule has 1 aromatic carbocycles. The van der Waals surface area contributed by atoms with Gasteiger partial charge in [-0.1, -0.05) is 18.2 Å². The number of benzene rings is 1. The molecule has 15 heavy (non-hydrogen) atoms. The maximum atomic E-state index is 8.83. The molecule has 2 rings (SSSR count). The highest BCUT2D eigenvalue weighted by atomic mass is 35.5. The van der Waals surface area contributed by atoms with E-state index in [9.17, 15) is 0 Å². The molecule has 1 unspecified atom stereocenters. The van der Waals surface area contributed by atoms with Gasteiger partial charge in [0.05, 0.1) is 0 Å². The van der Waals surface area contributed by atoms with Crippen LogP contribution in [0.1, 0.15) is 18.0 Å². The van der Waals surface area contributed by atoms with E-state index in [1.54, 1.807) is 11.3 Å². The summed E-state index contributed by atoms with van der Waals surface area (Å²) in [7, 11) is 0. The van der Waals surface area contributed by atoms with E-state index in [-0.39, 0.29) is 25.1 Å². The summed E-state index contributed by atoms with van der Waals surface area (Å²) in [6.45, 7) is 0.144. The summed E-state index contributed by atoms with van der Waals surface area (Å²) in [4.78, 5) is 0. The fourth-order valence-electron chi connectivity index (χ4n) is 1.58. The molecule has 1 heterocycles. The lowest BCUT2D eigenvalue weighted by Gasteiger charge is -2.08. The molecule has 0 saturated heterocycles. The lowest BCUT2D eigenvalue weighted by atomic mass is 10.0. The Kier molecular flexibility index (Phi) is 4.54. The topological polar surface area (TPSA) is 46.2 Å². The average Bonchev–Trinajstić information content (AvgIpc) is 2.61. The van der Waals surface area contributed by atoms with Crippen molar-refractivity contribution in [3.05, 3.63) is 35.2 Å². The van der Waals surface area contributed by atoms with Crippen LogP contribution in [0.3, 0.4) is 0 Å². The standard InChI is InChI=1S/C11H13NOS.ClH/c12-10(5-6-13)9-7-14-11-4-2-1-3-8(9)11;/h1-4,7,10,13H,5-6,12H2;1H. The quantitative estimate of drug-likeness (QED) is 0.871. The molecule has 4 heteroatoms. The zero-order chi connectivity index (χ0) is 9.97. The van der Waals surface area contributed by atoms with E-state index in [1.807, 2.05) is 12.1 Å². The van der Waals surface area contributed by atoms with Crippen LogP contribution in [0.4, 0.5) is 0 Å². The number of aliphatic hydroxyl groups is 1. The second-order valence-electron chi connectivity index (χ2n) is 3.31. The van der Waals surface area contributed by atoms with Crippen LogP contribution in [0.2, 0.25) is 0 Å². The maximum Gasteiger partial charge on any atom is 0.0449 e. The first-order chi connectivity index (χ1) is 6.83. The summed E-state index contributed by atoms with van der Waals surface area (Å²) in [5.74, 6) is 0. The third-order valence-electron chi connectivity index (χ3n) is 2.35. The first-order valence-electron chi connectivity index (χ1n) is 4.65. The number of rotatable bonds is 3. The molecule has 0 amide bonds. The van der Waals surface area contributed by atoms with Gasteiger partial charge in [0.1, 0.15) is 0 Å². The predicted molar refractivity (Wildman–Crippen MR) is 67.7 cm³/mol. The first-order valence-corrected chi connectivity index (χ1v) is 5.53. The van der Waals surface area contributed by atoms with Crippen molar-refractivity contribution in [2.24, 2.45) is 5.73 Å². The third-order valence-corrected chi connectivity index (χ3v) is 3.33. The lowest BCUT2D eigenvalue weighted by molar-refractivity contribution is 0.277. The van der Waals surface area contributed by atoms with Gasteiger partial charge in [-0.2, -0.15) is 0 Å². The van der Waals surface area contributed by atoms with Gasteiger partial charge in [-0.15, -0.1) is 23.7 Å². The van der Waals surface area contributed by atoms with Crippen LogP contribution in [0.5, 0.6) is 0 Å². The number of thiophene rings is 1. The fourth-order valence-corrected chi connectivity index (χ4v) is 2.61. The Bertz CT molecular complexity index is 429. The van der Waals surface area contributed by atoms with Gasteiger partial charge in [-0.3, -0.25) is 0 Å². The highest BCUT2D eigenvalue weighted by Gasteiger charge is 2.10. The van der Waals surface area contributed by atoms with Crippen molar-refractivity contribution in [2.75, 3.05) is 6.61 Å². The zero-order valence-corrected chi connectivity index (χ0v) is 9.85. The van der Waals surface area contributed by atoms with E-state index in [4.69, 9.17) is 10.8 Å². The van der Waals surface area contributed by atoms with E-state index in [0.29, 0.717) is 6.42 Å². The maximum absolute atomic E-state index is 8.83. The van der Waals surface area contributed by atoms with Gasteiger partial charge in [0.25, 0.3) is 0 Å². The van der Waals surface area contributed by atoms with Gasteiger partial charge >= 0.3 is 0 Å². The fraction of sp³-hybridized carbons (Fsp3) is 0.273. The Morgan fingerprint density at radius 3 is 2.80 bits per heavy atom. The molecule has 0 bridgehead atoms.